The summed E-state index contributed by atoms with van der Waals surface area (Å²) in [5.41, 5.74) is -4.45. The molecule has 2 rings (SSSR count). The third-order valence-electron chi connectivity index (χ3n) is 3.67. The number of carbonyl (C=O) groups excluding carboxylic acids is 1. The van der Waals surface area contributed by atoms with Crippen LogP contribution in [-0.4, -0.2) is 67.9 Å². The maximum absolute atomic E-state index is 12.3. The highest BCUT2D eigenvalue weighted by atomic mass is 19.4. The van der Waals surface area contributed by atoms with Gasteiger partial charge in [0.15, 0.2) is 11.8 Å². The monoisotopic (exact) mass is 369 g/mol. The molecule has 2 heterocycles. The molecule has 1 aliphatic heterocycles. The Morgan fingerprint density at radius 2 is 2.08 bits per heavy atom. The Morgan fingerprint density at radius 1 is 1.44 bits per heavy atom. The number of ether oxygens (including phenoxy) is 1. The molecular formula is C12H14F3N3O7. The number of nitrogens with one attached hydrogen (secondary N) is 2. The molecule has 0 saturated carbocycles. The van der Waals surface area contributed by atoms with Crippen molar-refractivity contribution in [3.8, 4) is 0 Å². The number of aliphatic hydroxyl groups is 3. The molecule has 0 unspecified atom stereocenters. The SMILES string of the molecule is O=C(NC[C@@]1(O)[C@H](O)[C@@H](CO)O[C@H]1n1ccc(=O)[nH]c1=O)C(F)(F)F. The molecule has 4 atom stereocenters. The van der Waals surface area contributed by atoms with Gasteiger partial charge in [-0.2, -0.15) is 13.2 Å². The van der Waals surface area contributed by atoms with Crippen molar-refractivity contribution < 1.29 is 38.0 Å². The van der Waals surface area contributed by atoms with Crippen LogP contribution in [0.3, 0.4) is 0 Å². The van der Waals surface area contributed by atoms with Crippen molar-refractivity contribution in [2.24, 2.45) is 0 Å². The van der Waals surface area contributed by atoms with E-state index in [0.29, 0.717) is 4.57 Å². The standard InChI is InChI=1S/C12H14F3N3O7/c13-12(14,15)8(22)16-4-11(24)7(21)5(3-19)25-9(11)18-2-1-6(20)17-10(18)23/h1-2,5,7,9,19,21,24H,3-4H2,(H,16,22)(H,17,20,23)/t5-,7-,9-,11-/m1/s1. The molecule has 13 heteroatoms. The molecule has 1 aromatic rings. The van der Waals surface area contributed by atoms with Crippen LogP contribution in [-0.2, 0) is 9.53 Å². The van der Waals surface area contributed by atoms with E-state index in [1.54, 1.807) is 0 Å². The minimum atomic E-state index is -5.23. The van der Waals surface area contributed by atoms with Crippen molar-refractivity contribution in [2.45, 2.75) is 30.2 Å². The topological polar surface area (TPSA) is 154 Å². The molecule has 1 aromatic heterocycles. The summed E-state index contributed by atoms with van der Waals surface area (Å²) in [6.07, 6.45) is -9.51. The summed E-state index contributed by atoms with van der Waals surface area (Å²) < 4.78 is 42.6. The minimum absolute atomic E-state index is 0.611. The quantitative estimate of drug-likeness (QED) is 0.384. The third-order valence-corrected chi connectivity index (χ3v) is 3.67. The molecule has 0 radical (unpaired) electrons. The van der Waals surface area contributed by atoms with Crippen LogP contribution in [0.25, 0.3) is 0 Å². The van der Waals surface area contributed by atoms with E-state index in [0.717, 1.165) is 12.3 Å². The van der Waals surface area contributed by atoms with Crippen LogP contribution in [0, 0.1) is 0 Å². The minimum Gasteiger partial charge on any atom is -0.394 e. The summed E-state index contributed by atoms with van der Waals surface area (Å²) in [5.74, 6) is -2.38. The molecule has 1 fully saturated rings. The van der Waals surface area contributed by atoms with Crippen LogP contribution in [0.2, 0.25) is 0 Å². The number of carbonyl (C=O) groups is 1. The number of alkyl halides is 3. The van der Waals surface area contributed by atoms with Gasteiger partial charge in [-0.15, -0.1) is 0 Å². The number of amides is 1. The van der Waals surface area contributed by atoms with Gasteiger partial charge in [0.05, 0.1) is 13.2 Å². The van der Waals surface area contributed by atoms with E-state index in [4.69, 9.17) is 9.84 Å². The average Bonchev–Trinajstić information content (AvgIpc) is 2.76. The molecule has 0 bridgehead atoms. The van der Waals surface area contributed by atoms with Gasteiger partial charge in [0.1, 0.15) is 12.2 Å². The Labute approximate surface area is 136 Å². The molecule has 5 N–H and O–H groups in total. The van der Waals surface area contributed by atoms with Gasteiger partial charge in [-0.3, -0.25) is 19.1 Å². The largest absolute Gasteiger partial charge is 0.471 e. The van der Waals surface area contributed by atoms with Crippen LogP contribution in [0.1, 0.15) is 6.23 Å². The second kappa shape index (κ2) is 6.59. The molecule has 1 amide bonds. The van der Waals surface area contributed by atoms with Crippen molar-refractivity contribution >= 4 is 5.91 Å². The zero-order valence-corrected chi connectivity index (χ0v) is 12.4. The smallest absolute Gasteiger partial charge is 0.394 e. The lowest BCUT2D eigenvalue weighted by molar-refractivity contribution is -0.176. The van der Waals surface area contributed by atoms with Gasteiger partial charge in [0.2, 0.25) is 0 Å². The van der Waals surface area contributed by atoms with Gasteiger partial charge < -0.3 is 25.4 Å². The van der Waals surface area contributed by atoms with Crippen molar-refractivity contribution in [2.75, 3.05) is 13.2 Å². The van der Waals surface area contributed by atoms with E-state index in [9.17, 15) is 37.8 Å². The fourth-order valence-corrected chi connectivity index (χ4v) is 2.40. The molecular weight excluding hydrogens is 355 g/mol. The number of hydrogen-bond acceptors (Lipinski definition) is 7. The summed E-state index contributed by atoms with van der Waals surface area (Å²) in [5, 5.41) is 31.1. The van der Waals surface area contributed by atoms with Gasteiger partial charge in [0, 0.05) is 12.3 Å². The summed E-state index contributed by atoms with van der Waals surface area (Å²) in [6.45, 7) is -1.97. The zero-order valence-electron chi connectivity index (χ0n) is 12.4. The summed E-state index contributed by atoms with van der Waals surface area (Å²) in [7, 11) is 0. The van der Waals surface area contributed by atoms with Crippen LogP contribution in [0.15, 0.2) is 21.9 Å². The number of aliphatic hydroxyl groups excluding tert-OH is 2. The fourth-order valence-electron chi connectivity index (χ4n) is 2.40. The van der Waals surface area contributed by atoms with Crippen LogP contribution in [0.4, 0.5) is 13.2 Å². The second-order valence-electron chi connectivity index (χ2n) is 5.34. The average molecular weight is 369 g/mol. The molecule has 25 heavy (non-hydrogen) atoms. The summed E-state index contributed by atoms with van der Waals surface area (Å²) in [6, 6.07) is 0.873. The molecule has 1 saturated heterocycles. The van der Waals surface area contributed by atoms with E-state index in [1.165, 1.54) is 5.32 Å². The van der Waals surface area contributed by atoms with Gasteiger partial charge in [-0.25, -0.2) is 4.79 Å². The van der Waals surface area contributed by atoms with Crippen LogP contribution in [0.5, 0.6) is 0 Å². The van der Waals surface area contributed by atoms with Gasteiger partial charge in [0.25, 0.3) is 5.56 Å². The Hall–Kier alpha value is -2.22. The fraction of sp³-hybridized carbons (Fsp3) is 0.583. The predicted octanol–water partition coefficient (Wildman–Crippen LogP) is -2.80. The molecule has 0 spiro atoms. The van der Waals surface area contributed by atoms with E-state index >= 15 is 0 Å². The Kier molecular flexibility index (Phi) is 5.04. The highest BCUT2D eigenvalue weighted by Gasteiger charge is 2.57. The molecule has 0 aliphatic carbocycles. The number of halogens is 3. The number of aromatic nitrogens is 2. The third kappa shape index (κ3) is 3.58. The van der Waals surface area contributed by atoms with Crippen molar-refractivity contribution in [3.63, 3.8) is 0 Å². The van der Waals surface area contributed by atoms with E-state index in [1.807, 2.05) is 4.98 Å². The van der Waals surface area contributed by atoms with Crippen LogP contribution >= 0.6 is 0 Å². The lowest BCUT2D eigenvalue weighted by Crippen LogP contribution is -2.57. The lowest BCUT2D eigenvalue weighted by atomic mass is 9.93. The first kappa shape index (κ1) is 19.1. The number of rotatable bonds is 4. The van der Waals surface area contributed by atoms with Crippen molar-refractivity contribution in [3.05, 3.63) is 33.1 Å². The van der Waals surface area contributed by atoms with E-state index in [2.05, 4.69) is 0 Å². The number of nitrogens with zero attached hydrogens (tertiary/aromatic N) is 1. The summed E-state index contributed by atoms with van der Waals surface area (Å²) >= 11 is 0. The molecule has 140 valence electrons. The first-order valence-corrected chi connectivity index (χ1v) is 6.84. The maximum atomic E-state index is 12.3. The zero-order chi connectivity index (χ0) is 19.0. The first-order valence-electron chi connectivity index (χ1n) is 6.84. The Bertz CT molecular complexity index is 761. The Morgan fingerprint density at radius 3 is 2.60 bits per heavy atom. The number of hydrogen-bond donors (Lipinski definition) is 5. The van der Waals surface area contributed by atoms with Gasteiger partial charge in [-0.1, -0.05) is 0 Å². The lowest BCUT2D eigenvalue weighted by Gasteiger charge is -2.31. The van der Waals surface area contributed by atoms with Crippen molar-refractivity contribution in [1.82, 2.24) is 14.9 Å². The van der Waals surface area contributed by atoms with E-state index in [-0.39, 0.29) is 0 Å². The first-order chi connectivity index (χ1) is 11.5. The number of H-pyrrole nitrogens is 1. The van der Waals surface area contributed by atoms with E-state index < -0.39 is 60.5 Å². The molecule has 0 aromatic carbocycles. The Balaban J connectivity index is 2.37. The highest BCUT2D eigenvalue weighted by Crippen LogP contribution is 2.37. The normalized spacial score (nSPS) is 29.6. The summed E-state index contributed by atoms with van der Waals surface area (Å²) in [4.78, 5) is 35.7. The maximum Gasteiger partial charge on any atom is 0.471 e. The predicted molar refractivity (Wildman–Crippen MR) is 72.3 cm³/mol. The van der Waals surface area contributed by atoms with Crippen LogP contribution < -0.4 is 16.6 Å². The second-order valence-corrected chi connectivity index (χ2v) is 5.34. The highest BCUT2D eigenvalue weighted by molar-refractivity contribution is 5.81. The van der Waals surface area contributed by atoms with Gasteiger partial charge >= 0.3 is 17.8 Å². The molecule has 1 aliphatic rings. The molecule has 10 nitrogen and oxygen atoms in total. The van der Waals surface area contributed by atoms with Gasteiger partial charge in [-0.05, 0) is 0 Å². The van der Waals surface area contributed by atoms with Crippen molar-refractivity contribution in [1.29, 1.82) is 0 Å². The number of aromatic amines is 1.